The van der Waals surface area contributed by atoms with Gasteiger partial charge in [-0.05, 0) is 64.2 Å². The van der Waals surface area contributed by atoms with Crippen LogP contribution in [-0.2, 0) is 0 Å². The molecule has 1 aliphatic rings. The van der Waals surface area contributed by atoms with Crippen molar-refractivity contribution < 1.29 is 0 Å². The molecule has 1 atom stereocenters. The third-order valence-electron chi connectivity index (χ3n) is 4.04. The minimum atomic E-state index is 0.292. The fourth-order valence-corrected chi connectivity index (χ4v) is 2.54. The molecule has 0 fully saturated rings. The Morgan fingerprint density at radius 2 is 1.95 bits per heavy atom. The Kier molecular flexibility index (Phi) is 6.00. The Morgan fingerprint density at radius 3 is 2.45 bits per heavy atom. The van der Waals surface area contributed by atoms with Gasteiger partial charge in [-0.3, -0.25) is 0 Å². The molecule has 0 spiro atoms. The minimum Gasteiger partial charge on any atom is -0.368 e. The van der Waals surface area contributed by atoms with E-state index in [1.165, 1.54) is 22.9 Å². The predicted molar refractivity (Wildman–Crippen MR) is 89.2 cm³/mol. The second kappa shape index (κ2) is 7.28. The minimum absolute atomic E-state index is 0.292. The lowest BCUT2D eigenvalue weighted by Crippen LogP contribution is -2.32. The number of nitrogens with zero attached hydrogens (tertiary/aromatic N) is 1. The Hall–Kier alpha value is -1.57. The number of hydrogen-bond donors (Lipinski definition) is 1. The van der Waals surface area contributed by atoms with Gasteiger partial charge < -0.3 is 10.3 Å². The van der Waals surface area contributed by atoms with Crippen molar-refractivity contribution in [1.82, 2.24) is 4.90 Å². The van der Waals surface area contributed by atoms with Crippen molar-refractivity contribution in [3.63, 3.8) is 0 Å². The molecule has 2 heteroatoms. The van der Waals surface area contributed by atoms with Crippen LogP contribution in [0.25, 0.3) is 0 Å². The van der Waals surface area contributed by atoms with Gasteiger partial charge in [0.05, 0.1) is 6.04 Å². The maximum atomic E-state index is 7.45. The number of nitrogens with one attached hydrogen (secondary N) is 1. The molecule has 0 amide bonds. The summed E-state index contributed by atoms with van der Waals surface area (Å²) < 4.78 is 0. The summed E-state index contributed by atoms with van der Waals surface area (Å²) in [5.74, 6) is 0. The summed E-state index contributed by atoms with van der Waals surface area (Å²) in [6, 6.07) is 0.292. The molecule has 110 valence electrons. The van der Waals surface area contributed by atoms with Crippen LogP contribution in [0.2, 0.25) is 0 Å². The molecule has 0 aromatic heterocycles. The van der Waals surface area contributed by atoms with E-state index < -0.39 is 0 Å². The van der Waals surface area contributed by atoms with Gasteiger partial charge in [-0.1, -0.05) is 23.8 Å². The van der Waals surface area contributed by atoms with Crippen LogP contribution >= 0.6 is 0 Å². The predicted octanol–water partition coefficient (Wildman–Crippen LogP) is 4.86. The summed E-state index contributed by atoms with van der Waals surface area (Å²) in [6.45, 7) is 10.6. The lowest BCUT2D eigenvalue weighted by Gasteiger charge is -2.33. The van der Waals surface area contributed by atoms with Crippen molar-refractivity contribution in [3.05, 3.63) is 46.2 Å². The molecule has 0 saturated carbocycles. The van der Waals surface area contributed by atoms with E-state index in [0.29, 0.717) is 6.04 Å². The van der Waals surface area contributed by atoms with Gasteiger partial charge in [0.25, 0.3) is 0 Å². The lowest BCUT2D eigenvalue weighted by atomic mass is 9.90. The van der Waals surface area contributed by atoms with Crippen LogP contribution in [0.3, 0.4) is 0 Å². The quantitative estimate of drug-likeness (QED) is 0.561. The molecule has 1 rings (SSSR count). The third kappa shape index (κ3) is 3.96. The molecule has 0 aliphatic heterocycles. The van der Waals surface area contributed by atoms with Crippen LogP contribution in [0.1, 0.15) is 47.5 Å². The fraction of sp³-hybridized carbons (Fsp3) is 0.500. The van der Waals surface area contributed by atoms with E-state index in [9.17, 15) is 0 Å². The van der Waals surface area contributed by atoms with E-state index in [-0.39, 0.29) is 0 Å². The zero-order chi connectivity index (χ0) is 15.3. The first-order valence-corrected chi connectivity index (χ1v) is 7.30. The Balaban J connectivity index is 3.24. The van der Waals surface area contributed by atoms with E-state index in [1.807, 2.05) is 6.92 Å². The second-order valence-electron chi connectivity index (χ2n) is 5.86. The van der Waals surface area contributed by atoms with Crippen molar-refractivity contribution in [2.75, 3.05) is 7.05 Å². The first-order valence-electron chi connectivity index (χ1n) is 7.30. The summed E-state index contributed by atoms with van der Waals surface area (Å²) in [7, 11) is 2.13. The summed E-state index contributed by atoms with van der Waals surface area (Å²) >= 11 is 0. The Labute approximate surface area is 124 Å². The van der Waals surface area contributed by atoms with E-state index in [2.05, 4.69) is 57.9 Å². The molecule has 1 N–H and O–H groups in total. The fourth-order valence-electron chi connectivity index (χ4n) is 2.54. The molecular weight excluding hydrogens is 244 g/mol. The molecule has 0 bridgehead atoms. The van der Waals surface area contributed by atoms with Gasteiger partial charge in [0.1, 0.15) is 0 Å². The smallest absolute Gasteiger partial charge is 0.0688 e. The Bertz CT molecular complexity index is 486. The van der Waals surface area contributed by atoms with Gasteiger partial charge in [0, 0.05) is 19.0 Å². The average Bonchev–Trinajstić information content (AvgIpc) is 2.43. The highest BCUT2D eigenvalue weighted by Gasteiger charge is 2.20. The number of rotatable bonds is 5. The highest BCUT2D eigenvalue weighted by Crippen LogP contribution is 2.28. The van der Waals surface area contributed by atoms with Crippen molar-refractivity contribution >= 4 is 6.21 Å². The number of hydrogen-bond acceptors (Lipinski definition) is 2. The molecule has 20 heavy (non-hydrogen) atoms. The summed E-state index contributed by atoms with van der Waals surface area (Å²) in [6.07, 6.45) is 10.5. The first-order chi connectivity index (χ1) is 9.38. The SMILES string of the molecule is CC(C)=CC(C1=C(C)C=CCC1)N(C)/C(C)=C(\C)C=N. The van der Waals surface area contributed by atoms with Crippen LogP contribution < -0.4 is 0 Å². The normalized spacial score (nSPS) is 17.5. The van der Waals surface area contributed by atoms with Gasteiger partial charge in [-0.15, -0.1) is 0 Å². The summed E-state index contributed by atoms with van der Waals surface area (Å²) in [5, 5.41) is 7.45. The standard InChI is InChI=1S/C18H28N2/c1-13(2)11-18(17-10-8-7-9-14(17)3)20(6)16(5)15(4)12-19/h7,9,11-12,18-19H,8,10H2,1-6H3/b16-15+,19-12?. The molecule has 2 nitrogen and oxygen atoms in total. The van der Waals surface area contributed by atoms with Crippen LogP contribution in [0.4, 0.5) is 0 Å². The van der Waals surface area contributed by atoms with Crippen molar-refractivity contribution in [1.29, 1.82) is 5.41 Å². The maximum Gasteiger partial charge on any atom is 0.0688 e. The van der Waals surface area contributed by atoms with Crippen LogP contribution in [-0.4, -0.2) is 24.2 Å². The lowest BCUT2D eigenvalue weighted by molar-refractivity contribution is 0.377. The zero-order valence-electron chi connectivity index (χ0n) is 13.7. The van der Waals surface area contributed by atoms with Crippen molar-refractivity contribution in [2.45, 2.75) is 53.5 Å². The highest BCUT2D eigenvalue weighted by atomic mass is 15.1. The number of allylic oxidation sites excluding steroid dienone is 6. The molecule has 0 aromatic rings. The molecule has 0 saturated heterocycles. The van der Waals surface area contributed by atoms with E-state index in [4.69, 9.17) is 5.41 Å². The van der Waals surface area contributed by atoms with E-state index in [0.717, 1.165) is 24.1 Å². The molecule has 1 unspecified atom stereocenters. The van der Waals surface area contributed by atoms with Gasteiger partial charge in [-0.2, -0.15) is 0 Å². The van der Waals surface area contributed by atoms with E-state index in [1.54, 1.807) is 0 Å². The second-order valence-corrected chi connectivity index (χ2v) is 5.86. The number of likely N-dealkylation sites (N-methyl/N-ethyl adjacent to an activating group) is 1. The summed E-state index contributed by atoms with van der Waals surface area (Å²) in [5.41, 5.74) is 6.39. The van der Waals surface area contributed by atoms with Crippen LogP contribution in [0.15, 0.2) is 46.2 Å². The maximum absolute atomic E-state index is 7.45. The largest absolute Gasteiger partial charge is 0.368 e. The molecule has 0 aromatic carbocycles. The zero-order valence-corrected chi connectivity index (χ0v) is 13.7. The van der Waals surface area contributed by atoms with Gasteiger partial charge in [0.2, 0.25) is 0 Å². The van der Waals surface area contributed by atoms with Gasteiger partial charge >= 0.3 is 0 Å². The topological polar surface area (TPSA) is 27.1 Å². The van der Waals surface area contributed by atoms with Crippen LogP contribution in [0.5, 0.6) is 0 Å². The third-order valence-corrected chi connectivity index (χ3v) is 4.04. The monoisotopic (exact) mass is 272 g/mol. The van der Waals surface area contributed by atoms with Gasteiger partial charge in [-0.25, -0.2) is 0 Å². The van der Waals surface area contributed by atoms with E-state index >= 15 is 0 Å². The van der Waals surface area contributed by atoms with Crippen LogP contribution in [0, 0.1) is 5.41 Å². The molecular formula is C18H28N2. The highest BCUT2D eigenvalue weighted by molar-refractivity contribution is 5.75. The molecule has 0 radical (unpaired) electrons. The first kappa shape index (κ1) is 16.5. The van der Waals surface area contributed by atoms with Crippen molar-refractivity contribution in [2.24, 2.45) is 0 Å². The average molecular weight is 272 g/mol. The molecule has 1 aliphatic carbocycles. The molecule has 0 heterocycles. The van der Waals surface area contributed by atoms with Crippen molar-refractivity contribution in [3.8, 4) is 0 Å². The Morgan fingerprint density at radius 1 is 1.30 bits per heavy atom. The van der Waals surface area contributed by atoms with Gasteiger partial charge in [0.15, 0.2) is 0 Å². The summed E-state index contributed by atoms with van der Waals surface area (Å²) in [4.78, 5) is 2.30.